The number of nitrogens with zero attached hydrogens (tertiary/aromatic N) is 1. The molecular formula is C10H11N3O2. The van der Waals surface area contributed by atoms with Crippen LogP contribution < -0.4 is 5.73 Å². The Balaban J connectivity index is 2.29. The number of hydrogen-bond acceptors (Lipinski definition) is 3. The maximum absolute atomic E-state index is 10.4. The van der Waals surface area contributed by atoms with Gasteiger partial charge in [0.25, 0.3) is 0 Å². The van der Waals surface area contributed by atoms with Gasteiger partial charge in [0, 0.05) is 11.8 Å². The number of nitrogens with one attached hydrogen (secondary N) is 1. The van der Waals surface area contributed by atoms with Crippen molar-refractivity contribution < 1.29 is 9.90 Å². The first-order valence-corrected chi connectivity index (χ1v) is 4.61. The Morgan fingerprint density at radius 2 is 2.33 bits per heavy atom. The number of hydrogen-bond donors (Lipinski definition) is 3. The summed E-state index contributed by atoms with van der Waals surface area (Å²) in [5.41, 5.74) is 7.47. The molecule has 1 heterocycles. The van der Waals surface area contributed by atoms with Crippen LogP contribution in [0, 0.1) is 0 Å². The summed E-state index contributed by atoms with van der Waals surface area (Å²) < 4.78 is 0. The third-order valence-electron chi connectivity index (χ3n) is 2.28. The number of rotatable bonds is 3. The number of aromatic nitrogens is 2. The number of carboxylic acids is 1. The summed E-state index contributed by atoms with van der Waals surface area (Å²) in [6, 6.07) is 5.61. The number of aliphatic carboxylic acids is 1. The second kappa shape index (κ2) is 3.61. The first-order valence-electron chi connectivity index (χ1n) is 4.61. The molecule has 4 N–H and O–H groups in total. The summed E-state index contributed by atoms with van der Waals surface area (Å²) in [5, 5.41) is 16.1. The lowest BCUT2D eigenvalue weighted by Crippen LogP contribution is -1.97. The molecular weight excluding hydrogens is 194 g/mol. The number of nitrogen functional groups attached to an aromatic ring is 1. The van der Waals surface area contributed by atoms with Gasteiger partial charge in [0.05, 0.1) is 5.52 Å². The highest BCUT2D eigenvalue weighted by atomic mass is 16.4. The molecule has 0 amide bonds. The summed E-state index contributed by atoms with van der Waals surface area (Å²) in [6.07, 6.45) is 0.638. The number of anilines is 1. The molecule has 0 atom stereocenters. The Morgan fingerprint density at radius 1 is 1.53 bits per heavy atom. The van der Waals surface area contributed by atoms with Gasteiger partial charge in [-0.05, 0) is 24.1 Å². The largest absolute Gasteiger partial charge is 0.481 e. The lowest BCUT2D eigenvalue weighted by Gasteiger charge is -1.98. The van der Waals surface area contributed by atoms with Crippen LogP contribution in [0.15, 0.2) is 18.2 Å². The minimum absolute atomic E-state index is 0.128. The van der Waals surface area contributed by atoms with E-state index in [1.165, 1.54) is 0 Å². The molecule has 0 saturated carbocycles. The molecule has 1 aromatic carbocycles. The molecule has 15 heavy (non-hydrogen) atoms. The van der Waals surface area contributed by atoms with Crippen LogP contribution in [0.25, 0.3) is 10.9 Å². The number of carbonyl (C=O) groups is 1. The van der Waals surface area contributed by atoms with Crippen molar-refractivity contribution in [3.05, 3.63) is 23.8 Å². The average molecular weight is 205 g/mol. The minimum Gasteiger partial charge on any atom is -0.481 e. The number of aryl methyl sites for hydroxylation is 1. The monoisotopic (exact) mass is 205 g/mol. The number of nitrogens with two attached hydrogens (primary N) is 1. The molecule has 0 fully saturated rings. The van der Waals surface area contributed by atoms with E-state index in [0.717, 1.165) is 16.5 Å². The Kier molecular flexibility index (Phi) is 2.29. The standard InChI is InChI=1S/C10H11N3O2/c11-10-7-5-6(2-4-9(14)15)1-3-8(7)12-13-10/h1,3,5H,2,4H2,(H,14,15)(H3,11,12,13). The Hall–Kier alpha value is -2.04. The van der Waals surface area contributed by atoms with E-state index in [1.54, 1.807) is 0 Å². The van der Waals surface area contributed by atoms with Crippen LogP contribution in [0.3, 0.4) is 0 Å². The maximum atomic E-state index is 10.4. The van der Waals surface area contributed by atoms with Crippen molar-refractivity contribution >= 4 is 22.7 Å². The van der Waals surface area contributed by atoms with Crippen LogP contribution in [0.5, 0.6) is 0 Å². The molecule has 78 valence electrons. The second-order valence-corrected chi connectivity index (χ2v) is 3.38. The lowest BCUT2D eigenvalue weighted by atomic mass is 10.1. The number of benzene rings is 1. The van der Waals surface area contributed by atoms with Crippen molar-refractivity contribution in [2.24, 2.45) is 0 Å². The van der Waals surface area contributed by atoms with Crippen LogP contribution in [-0.4, -0.2) is 21.3 Å². The quantitative estimate of drug-likeness (QED) is 0.701. The van der Waals surface area contributed by atoms with E-state index in [1.807, 2.05) is 18.2 Å². The van der Waals surface area contributed by atoms with Gasteiger partial charge in [-0.15, -0.1) is 0 Å². The molecule has 5 nitrogen and oxygen atoms in total. The van der Waals surface area contributed by atoms with Gasteiger partial charge >= 0.3 is 5.97 Å². The highest BCUT2D eigenvalue weighted by molar-refractivity contribution is 5.89. The molecule has 0 saturated heterocycles. The van der Waals surface area contributed by atoms with Gasteiger partial charge in [0.15, 0.2) is 5.82 Å². The fraction of sp³-hybridized carbons (Fsp3) is 0.200. The van der Waals surface area contributed by atoms with Crippen molar-refractivity contribution in [1.29, 1.82) is 0 Å². The molecule has 0 unspecified atom stereocenters. The fourth-order valence-electron chi connectivity index (χ4n) is 1.49. The van der Waals surface area contributed by atoms with E-state index in [0.29, 0.717) is 12.2 Å². The Labute approximate surface area is 85.9 Å². The highest BCUT2D eigenvalue weighted by Crippen LogP contribution is 2.19. The van der Waals surface area contributed by atoms with Crippen molar-refractivity contribution in [3.63, 3.8) is 0 Å². The maximum Gasteiger partial charge on any atom is 0.303 e. The predicted molar refractivity (Wildman–Crippen MR) is 56.5 cm³/mol. The summed E-state index contributed by atoms with van der Waals surface area (Å²) in [7, 11) is 0. The van der Waals surface area contributed by atoms with E-state index in [4.69, 9.17) is 10.8 Å². The van der Waals surface area contributed by atoms with Gasteiger partial charge in [0.2, 0.25) is 0 Å². The Morgan fingerprint density at radius 3 is 3.07 bits per heavy atom. The molecule has 2 aromatic rings. The summed E-state index contributed by atoms with van der Waals surface area (Å²) >= 11 is 0. The Bertz CT molecular complexity index is 504. The minimum atomic E-state index is -0.796. The molecule has 5 heteroatoms. The van der Waals surface area contributed by atoms with Crippen LogP contribution in [-0.2, 0) is 11.2 Å². The fourth-order valence-corrected chi connectivity index (χ4v) is 1.49. The zero-order valence-corrected chi connectivity index (χ0v) is 8.03. The summed E-state index contributed by atoms with van der Waals surface area (Å²) in [6.45, 7) is 0. The van der Waals surface area contributed by atoms with Crippen molar-refractivity contribution in [2.75, 3.05) is 5.73 Å². The number of fused-ring (bicyclic) bond motifs is 1. The van der Waals surface area contributed by atoms with Gasteiger partial charge in [-0.25, -0.2) is 0 Å². The molecule has 0 aliphatic heterocycles. The predicted octanol–water partition coefficient (Wildman–Crippen LogP) is 1.16. The first-order chi connectivity index (χ1) is 7.16. The van der Waals surface area contributed by atoms with Crippen molar-refractivity contribution in [3.8, 4) is 0 Å². The number of aromatic amines is 1. The molecule has 0 radical (unpaired) electrons. The van der Waals surface area contributed by atoms with Crippen molar-refractivity contribution in [1.82, 2.24) is 10.2 Å². The van der Waals surface area contributed by atoms with E-state index in [-0.39, 0.29) is 6.42 Å². The van der Waals surface area contributed by atoms with Gasteiger partial charge < -0.3 is 10.8 Å². The lowest BCUT2D eigenvalue weighted by molar-refractivity contribution is -0.136. The van der Waals surface area contributed by atoms with E-state index < -0.39 is 5.97 Å². The molecule has 0 aliphatic rings. The topological polar surface area (TPSA) is 92.0 Å². The van der Waals surface area contributed by atoms with Crippen LogP contribution >= 0.6 is 0 Å². The van der Waals surface area contributed by atoms with Crippen LogP contribution in [0.2, 0.25) is 0 Å². The summed E-state index contributed by atoms with van der Waals surface area (Å²) in [5.74, 6) is -0.350. The number of carboxylic acid groups (broad SMARTS) is 1. The molecule has 0 spiro atoms. The van der Waals surface area contributed by atoms with E-state index >= 15 is 0 Å². The normalized spacial score (nSPS) is 10.7. The molecule has 0 bridgehead atoms. The van der Waals surface area contributed by atoms with Gasteiger partial charge in [0.1, 0.15) is 0 Å². The number of H-pyrrole nitrogens is 1. The molecule has 2 rings (SSSR count). The van der Waals surface area contributed by atoms with Crippen LogP contribution in [0.1, 0.15) is 12.0 Å². The first kappa shape index (κ1) is 9.51. The van der Waals surface area contributed by atoms with E-state index in [9.17, 15) is 4.79 Å². The zero-order valence-electron chi connectivity index (χ0n) is 8.03. The average Bonchev–Trinajstić information content (AvgIpc) is 2.57. The molecule has 1 aromatic heterocycles. The SMILES string of the molecule is Nc1n[nH]c2ccc(CCC(=O)O)cc12. The summed E-state index contributed by atoms with van der Waals surface area (Å²) in [4.78, 5) is 10.4. The van der Waals surface area contributed by atoms with Gasteiger partial charge in [-0.3, -0.25) is 9.89 Å². The smallest absolute Gasteiger partial charge is 0.303 e. The van der Waals surface area contributed by atoms with Gasteiger partial charge in [-0.1, -0.05) is 6.07 Å². The molecule has 0 aliphatic carbocycles. The van der Waals surface area contributed by atoms with E-state index in [2.05, 4.69) is 10.2 Å². The third kappa shape index (κ3) is 1.90. The zero-order chi connectivity index (χ0) is 10.8. The van der Waals surface area contributed by atoms with Crippen molar-refractivity contribution in [2.45, 2.75) is 12.8 Å². The van der Waals surface area contributed by atoms with Gasteiger partial charge in [-0.2, -0.15) is 5.10 Å². The van der Waals surface area contributed by atoms with Crippen LogP contribution in [0.4, 0.5) is 5.82 Å². The third-order valence-corrected chi connectivity index (χ3v) is 2.28. The highest BCUT2D eigenvalue weighted by Gasteiger charge is 2.04. The second-order valence-electron chi connectivity index (χ2n) is 3.38.